The van der Waals surface area contributed by atoms with Crippen molar-refractivity contribution in [1.29, 1.82) is 0 Å². The van der Waals surface area contributed by atoms with Crippen LogP contribution in [0.4, 0.5) is 11.4 Å². The van der Waals surface area contributed by atoms with Crippen LogP contribution >= 0.6 is 11.6 Å². The number of benzene rings is 1. The molecule has 0 bridgehead atoms. The number of carbonyl (C=O) groups excluding carboxylic acids is 1. The zero-order valence-electron chi connectivity index (χ0n) is 11.5. The van der Waals surface area contributed by atoms with E-state index in [0.29, 0.717) is 42.5 Å². The summed E-state index contributed by atoms with van der Waals surface area (Å²) in [6.45, 7) is 0.906. The third-order valence-corrected chi connectivity index (χ3v) is 3.04. The molecule has 0 fully saturated rings. The Hall–Kier alpha value is -1.98. The van der Waals surface area contributed by atoms with Gasteiger partial charge in [-0.3, -0.25) is 4.79 Å². The fourth-order valence-electron chi connectivity index (χ4n) is 1.76. The second kappa shape index (κ2) is 7.71. The van der Waals surface area contributed by atoms with E-state index in [-0.39, 0.29) is 5.91 Å². The monoisotopic (exact) mass is 308 g/mol. The largest absolute Gasteiger partial charge is 0.467 e. The minimum absolute atomic E-state index is 0.106. The van der Waals surface area contributed by atoms with E-state index in [9.17, 15) is 4.79 Å². The molecule has 1 heterocycles. The molecule has 3 N–H and O–H groups in total. The van der Waals surface area contributed by atoms with Crippen LogP contribution in [0.3, 0.4) is 0 Å². The number of rotatable bonds is 7. The van der Waals surface area contributed by atoms with Crippen molar-refractivity contribution in [3.63, 3.8) is 0 Å². The molecular weight excluding hydrogens is 292 g/mol. The average molecular weight is 309 g/mol. The van der Waals surface area contributed by atoms with Crippen molar-refractivity contribution in [2.24, 2.45) is 0 Å². The Labute approximate surface area is 128 Å². The Balaban J connectivity index is 1.65. The van der Waals surface area contributed by atoms with Crippen LogP contribution in [0.2, 0.25) is 5.02 Å². The van der Waals surface area contributed by atoms with Gasteiger partial charge in [0.15, 0.2) is 0 Å². The lowest BCUT2D eigenvalue weighted by atomic mass is 10.2. The predicted octanol–water partition coefficient (Wildman–Crippen LogP) is 3.45. The maximum Gasteiger partial charge on any atom is 0.224 e. The van der Waals surface area contributed by atoms with Crippen molar-refractivity contribution >= 4 is 28.9 Å². The van der Waals surface area contributed by atoms with Crippen LogP contribution in [-0.4, -0.2) is 12.5 Å². The summed E-state index contributed by atoms with van der Waals surface area (Å²) < 4.78 is 10.5. The fraction of sp³-hybridized carbons (Fsp3) is 0.267. The van der Waals surface area contributed by atoms with Crippen molar-refractivity contribution in [2.45, 2.75) is 19.4 Å². The molecule has 0 atom stereocenters. The molecule has 5 nitrogen and oxygen atoms in total. The molecule has 0 aliphatic heterocycles. The van der Waals surface area contributed by atoms with Gasteiger partial charge in [0.05, 0.1) is 17.6 Å². The molecule has 2 aromatic rings. The van der Waals surface area contributed by atoms with Crippen molar-refractivity contribution in [3.05, 3.63) is 47.4 Å². The van der Waals surface area contributed by atoms with E-state index in [4.69, 9.17) is 26.5 Å². The van der Waals surface area contributed by atoms with Gasteiger partial charge in [0.1, 0.15) is 12.4 Å². The number of hydrogen-bond acceptors (Lipinski definition) is 4. The van der Waals surface area contributed by atoms with Gasteiger partial charge in [-0.25, -0.2) is 0 Å². The van der Waals surface area contributed by atoms with Gasteiger partial charge < -0.3 is 20.2 Å². The Morgan fingerprint density at radius 1 is 1.38 bits per heavy atom. The first-order valence-corrected chi connectivity index (χ1v) is 6.98. The molecule has 0 saturated heterocycles. The number of carbonyl (C=O) groups is 1. The predicted molar refractivity (Wildman–Crippen MR) is 82.1 cm³/mol. The maximum atomic E-state index is 11.8. The minimum atomic E-state index is -0.106. The molecule has 0 spiro atoms. The summed E-state index contributed by atoms with van der Waals surface area (Å²) in [6.07, 6.45) is 2.59. The summed E-state index contributed by atoms with van der Waals surface area (Å²) in [4.78, 5) is 11.8. The molecular formula is C15H17ClN2O3. The maximum absolute atomic E-state index is 11.8. The van der Waals surface area contributed by atoms with Gasteiger partial charge in [-0.1, -0.05) is 11.6 Å². The lowest BCUT2D eigenvalue weighted by molar-refractivity contribution is -0.116. The zero-order valence-corrected chi connectivity index (χ0v) is 12.2. The number of nitrogens with two attached hydrogens (primary N) is 1. The third kappa shape index (κ3) is 5.13. The van der Waals surface area contributed by atoms with Crippen LogP contribution in [0.15, 0.2) is 41.0 Å². The van der Waals surface area contributed by atoms with E-state index in [0.717, 1.165) is 5.76 Å². The van der Waals surface area contributed by atoms with E-state index in [1.165, 1.54) is 0 Å². The first-order chi connectivity index (χ1) is 10.1. The molecule has 1 aromatic carbocycles. The van der Waals surface area contributed by atoms with Gasteiger partial charge in [0, 0.05) is 18.1 Å². The summed E-state index contributed by atoms with van der Waals surface area (Å²) in [6, 6.07) is 8.62. The SMILES string of the molecule is Nc1cc(Cl)ccc1NC(=O)CCCOCc1ccco1. The summed E-state index contributed by atoms with van der Waals surface area (Å²) in [7, 11) is 0. The highest BCUT2D eigenvalue weighted by atomic mass is 35.5. The molecule has 21 heavy (non-hydrogen) atoms. The van der Waals surface area contributed by atoms with E-state index >= 15 is 0 Å². The lowest BCUT2D eigenvalue weighted by Gasteiger charge is -2.08. The van der Waals surface area contributed by atoms with Gasteiger partial charge in [0.2, 0.25) is 5.91 Å². The first kappa shape index (κ1) is 15.4. The molecule has 6 heteroatoms. The number of ether oxygens (including phenoxy) is 1. The van der Waals surface area contributed by atoms with Crippen LogP contribution in [-0.2, 0) is 16.1 Å². The summed E-state index contributed by atoms with van der Waals surface area (Å²) >= 11 is 5.80. The summed E-state index contributed by atoms with van der Waals surface area (Å²) in [5, 5.41) is 3.28. The van der Waals surface area contributed by atoms with Crippen LogP contribution in [0.1, 0.15) is 18.6 Å². The molecule has 0 aliphatic rings. The van der Waals surface area contributed by atoms with Gasteiger partial charge in [-0.2, -0.15) is 0 Å². The highest BCUT2D eigenvalue weighted by Crippen LogP contribution is 2.22. The molecule has 0 aliphatic carbocycles. The molecule has 1 aromatic heterocycles. The smallest absolute Gasteiger partial charge is 0.224 e. The van der Waals surface area contributed by atoms with Crippen LogP contribution in [0.5, 0.6) is 0 Å². The second-order valence-electron chi connectivity index (χ2n) is 4.52. The number of furan rings is 1. The average Bonchev–Trinajstić information content (AvgIpc) is 2.95. The number of nitrogen functional groups attached to an aromatic ring is 1. The minimum Gasteiger partial charge on any atom is -0.467 e. The Kier molecular flexibility index (Phi) is 5.66. The highest BCUT2D eigenvalue weighted by Gasteiger charge is 2.06. The summed E-state index contributed by atoms with van der Waals surface area (Å²) in [5.74, 6) is 0.666. The van der Waals surface area contributed by atoms with Crippen LogP contribution < -0.4 is 11.1 Å². The number of amides is 1. The molecule has 0 radical (unpaired) electrons. The number of hydrogen-bond donors (Lipinski definition) is 2. The zero-order chi connectivity index (χ0) is 15.1. The molecule has 0 saturated carbocycles. The van der Waals surface area contributed by atoms with Gasteiger partial charge >= 0.3 is 0 Å². The van der Waals surface area contributed by atoms with Crippen LogP contribution in [0, 0.1) is 0 Å². The van der Waals surface area contributed by atoms with Gasteiger partial charge in [0.25, 0.3) is 0 Å². The normalized spacial score (nSPS) is 10.5. The Morgan fingerprint density at radius 3 is 2.95 bits per heavy atom. The fourth-order valence-corrected chi connectivity index (χ4v) is 1.94. The third-order valence-electron chi connectivity index (χ3n) is 2.80. The molecule has 1 amide bonds. The second-order valence-corrected chi connectivity index (χ2v) is 4.95. The van der Waals surface area contributed by atoms with Gasteiger partial charge in [-0.05, 0) is 36.8 Å². The highest BCUT2D eigenvalue weighted by molar-refractivity contribution is 6.31. The van der Waals surface area contributed by atoms with E-state index in [1.807, 2.05) is 12.1 Å². The number of nitrogens with one attached hydrogen (secondary N) is 1. The van der Waals surface area contributed by atoms with E-state index in [1.54, 1.807) is 24.5 Å². The Morgan fingerprint density at radius 2 is 2.24 bits per heavy atom. The van der Waals surface area contributed by atoms with Crippen molar-refractivity contribution < 1.29 is 13.9 Å². The molecule has 0 unspecified atom stereocenters. The van der Waals surface area contributed by atoms with E-state index < -0.39 is 0 Å². The lowest BCUT2D eigenvalue weighted by Crippen LogP contribution is -2.13. The summed E-state index contributed by atoms with van der Waals surface area (Å²) in [5.41, 5.74) is 6.79. The quantitative estimate of drug-likeness (QED) is 0.606. The van der Waals surface area contributed by atoms with Crippen molar-refractivity contribution in [1.82, 2.24) is 0 Å². The standard InChI is InChI=1S/C15H17ClN2O3/c16-11-5-6-14(13(17)9-11)18-15(19)4-2-7-20-10-12-3-1-8-21-12/h1,3,5-6,8-9H,2,4,7,10,17H2,(H,18,19). The molecule has 2 rings (SSSR count). The number of anilines is 2. The Bertz CT molecular complexity index is 585. The molecule has 112 valence electrons. The first-order valence-electron chi connectivity index (χ1n) is 6.60. The van der Waals surface area contributed by atoms with Crippen molar-refractivity contribution in [2.75, 3.05) is 17.7 Å². The van der Waals surface area contributed by atoms with E-state index in [2.05, 4.69) is 5.32 Å². The van der Waals surface area contributed by atoms with Crippen molar-refractivity contribution in [3.8, 4) is 0 Å². The van der Waals surface area contributed by atoms with Crippen LogP contribution in [0.25, 0.3) is 0 Å². The number of halogens is 1. The van der Waals surface area contributed by atoms with Gasteiger partial charge in [-0.15, -0.1) is 0 Å². The topological polar surface area (TPSA) is 77.5 Å².